The van der Waals surface area contributed by atoms with Gasteiger partial charge in [-0.25, -0.2) is 4.79 Å². The Kier molecular flexibility index (Phi) is 4.50. The number of rotatable bonds is 1. The molecule has 3 rings (SSSR count). The molecule has 25 heavy (non-hydrogen) atoms. The fraction of sp³-hybridized carbons (Fsp3) is 0.444. The largest absolute Gasteiger partial charge is 0.495 e. The number of halogens is 2. The summed E-state index contributed by atoms with van der Waals surface area (Å²) < 4.78 is 10.8. The van der Waals surface area contributed by atoms with Gasteiger partial charge in [0.15, 0.2) is 0 Å². The molecule has 1 amide bonds. The van der Waals surface area contributed by atoms with E-state index in [1.54, 1.807) is 11.1 Å². The molecular formula is C18H20Cl2N2O3. The molecule has 0 bridgehead atoms. The molecule has 1 atom stereocenters. The number of methoxy groups -OCH3 is 1. The van der Waals surface area contributed by atoms with Crippen molar-refractivity contribution < 1.29 is 14.3 Å². The Bertz CT molecular complexity index is 862. The van der Waals surface area contributed by atoms with Gasteiger partial charge in [-0.1, -0.05) is 23.2 Å². The maximum atomic E-state index is 12.5. The Morgan fingerprint density at radius 1 is 1.32 bits per heavy atom. The SMILES string of the molecule is COc1cc2c3c(cnc2c(Cl)c1Cl)CN(C(=O)OC(C)(C)C)[C@H]3C. The molecule has 1 aromatic heterocycles. The van der Waals surface area contributed by atoms with Gasteiger partial charge in [0.1, 0.15) is 16.4 Å². The van der Waals surface area contributed by atoms with Crippen LogP contribution in [-0.2, 0) is 11.3 Å². The lowest BCUT2D eigenvalue weighted by molar-refractivity contribution is 0.0188. The van der Waals surface area contributed by atoms with Gasteiger partial charge in [0.05, 0.1) is 30.2 Å². The van der Waals surface area contributed by atoms with Crippen molar-refractivity contribution >= 4 is 40.2 Å². The molecule has 0 N–H and O–H groups in total. The number of carbonyl (C=O) groups excluding carboxylic acids is 1. The van der Waals surface area contributed by atoms with E-state index in [-0.39, 0.29) is 12.1 Å². The lowest BCUT2D eigenvalue weighted by Crippen LogP contribution is -2.35. The van der Waals surface area contributed by atoms with Crippen LogP contribution in [0.15, 0.2) is 12.3 Å². The molecule has 0 unspecified atom stereocenters. The van der Waals surface area contributed by atoms with E-state index in [0.717, 1.165) is 16.5 Å². The van der Waals surface area contributed by atoms with Gasteiger partial charge in [-0.2, -0.15) is 0 Å². The van der Waals surface area contributed by atoms with Gasteiger partial charge >= 0.3 is 6.09 Å². The first-order valence-electron chi connectivity index (χ1n) is 7.97. The normalized spacial score (nSPS) is 16.9. The van der Waals surface area contributed by atoms with Crippen LogP contribution in [-0.4, -0.2) is 28.7 Å². The average molecular weight is 383 g/mol. The molecule has 5 nitrogen and oxygen atoms in total. The van der Waals surface area contributed by atoms with Gasteiger partial charge < -0.3 is 9.47 Å². The molecule has 0 radical (unpaired) electrons. The van der Waals surface area contributed by atoms with E-state index in [1.165, 1.54) is 7.11 Å². The molecule has 2 aromatic rings. The number of carbonyl (C=O) groups is 1. The molecule has 0 spiro atoms. The summed E-state index contributed by atoms with van der Waals surface area (Å²) in [4.78, 5) is 18.7. The Morgan fingerprint density at radius 2 is 2.00 bits per heavy atom. The maximum Gasteiger partial charge on any atom is 0.411 e. The molecular weight excluding hydrogens is 363 g/mol. The Morgan fingerprint density at radius 3 is 2.60 bits per heavy atom. The van der Waals surface area contributed by atoms with Crippen LogP contribution >= 0.6 is 23.2 Å². The molecule has 0 saturated carbocycles. The summed E-state index contributed by atoms with van der Waals surface area (Å²) in [6.45, 7) is 7.95. The number of benzene rings is 1. The Balaban J connectivity index is 2.09. The Hall–Kier alpha value is -1.72. The van der Waals surface area contributed by atoms with Crippen molar-refractivity contribution in [3.63, 3.8) is 0 Å². The van der Waals surface area contributed by atoms with E-state index in [0.29, 0.717) is 27.9 Å². The predicted molar refractivity (Wildman–Crippen MR) is 98.5 cm³/mol. The summed E-state index contributed by atoms with van der Waals surface area (Å²) in [7, 11) is 1.54. The second-order valence-electron chi connectivity index (χ2n) is 7.08. The van der Waals surface area contributed by atoms with Crippen molar-refractivity contribution in [1.29, 1.82) is 0 Å². The summed E-state index contributed by atoms with van der Waals surface area (Å²) in [5.41, 5.74) is 2.01. The van der Waals surface area contributed by atoms with Crippen LogP contribution in [0.25, 0.3) is 10.9 Å². The van der Waals surface area contributed by atoms with Crippen molar-refractivity contribution in [1.82, 2.24) is 9.88 Å². The highest BCUT2D eigenvalue weighted by Crippen LogP contribution is 2.44. The number of amides is 1. The molecule has 0 aliphatic carbocycles. The summed E-state index contributed by atoms with van der Waals surface area (Å²) in [5, 5.41) is 1.52. The third kappa shape index (κ3) is 3.11. The standard InChI is InChI=1S/C18H20Cl2N2O3/c1-9-13-10(8-22(9)17(23)25-18(2,3)4)7-21-16-11(13)6-12(24-5)14(19)15(16)20/h6-7,9H,8H2,1-5H3/t9-/m0/s1. The smallest absolute Gasteiger partial charge is 0.411 e. The minimum Gasteiger partial charge on any atom is -0.495 e. The lowest BCUT2D eigenvalue weighted by Gasteiger charge is -2.27. The summed E-state index contributed by atoms with van der Waals surface area (Å²) in [6.07, 6.45) is 1.39. The highest BCUT2D eigenvalue weighted by atomic mass is 35.5. The van der Waals surface area contributed by atoms with E-state index in [9.17, 15) is 4.79 Å². The van der Waals surface area contributed by atoms with Crippen LogP contribution in [0.5, 0.6) is 5.75 Å². The zero-order chi connectivity index (χ0) is 18.5. The molecule has 1 aliphatic rings. The first kappa shape index (κ1) is 18.1. The number of hydrogen-bond acceptors (Lipinski definition) is 4. The third-order valence-electron chi connectivity index (χ3n) is 4.21. The van der Waals surface area contributed by atoms with Crippen LogP contribution in [0.3, 0.4) is 0 Å². The number of pyridine rings is 1. The van der Waals surface area contributed by atoms with Gasteiger partial charge in [0.2, 0.25) is 0 Å². The van der Waals surface area contributed by atoms with Gasteiger partial charge in [0, 0.05) is 11.6 Å². The molecule has 1 aliphatic heterocycles. The molecule has 0 saturated heterocycles. The minimum absolute atomic E-state index is 0.169. The molecule has 7 heteroatoms. The number of nitrogens with zero attached hydrogens (tertiary/aromatic N) is 2. The zero-order valence-electron chi connectivity index (χ0n) is 14.8. The van der Waals surface area contributed by atoms with Crippen LogP contribution in [0, 0.1) is 0 Å². The maximum absolute atomic E-state index is 12.5. The van der Waals surface area contributed by atoms with Crippen LogP contribution in [0.4, 0.5) is 4.79 Å². The van der Waals surface area contributed by atoms with Crippen molar-refractivity contribution in [2.45, 2.75) is 45.9 Å². The summed E-state index contributed by atoms with van der Waals surface area (Å²) in [6, 6.07) is 1.65. The van der Waals surface area contributed by atoms with Crippen LogP contribution in [0.1, 0.15) is 44.9 Å². The highest BCUT2D eigenvalue weighted by Gasteiger charge is 2.35. The minimum atomic E-state index is -0.550. The fourth-order valence-electron chi connectivity index (χ4n) is 3.10. The lowest BCUT2D eigenvalue weighted by atomic mass is 10.0. The number of aromatic nitrogens is 1. The van der Waals surface area contributed by atoms with Gasteiger partial charge in [-0.3, -0.25) is 9.88 Å². The quantitative estimate of drug-likeness (QED) is 0.665. The van der Waals surface area contributed by atoms with Gasteiger partial charge in [-0.15, -0.1) is 0 Å². The van der Waals surface area contributed by atoms with E-state index < -0.39 is 5.60 Å². The van der Waals surface area contributed by atoms with E-state index in [2.05, 4.69) is 4.98 Å². The molecule has 134 valence electrons. The number of hydrogen-bond donors (Lipinski definition) is 0. The topological polar surface area (TPSA) is 51.7 Å². The second-order valence-corrected chi connectivity index (χ2v) is 7.84. The zero-order valence-corrected chi connectivity index (χ0v) is 16.3. The van der Waals surface area contributed by atoms with E-state index in [1.807, 2.05) is 33.8 Å². The predicted octanol–water partition coefficient (Wildman–Crippen LogP) is 5.36. The second kappa shape index (κ2) is 6.22. The van der Waals surface area contributed by atoms with E-state index >= 15 is 0 Å². The van der Waals surface area contributed by atoms with Crippen LogP contribution < -0.4 is 4.74 Å². The summed E-state index contributed by atoms with van der Waals surface area (Å²) in [5.74, 6) is 0.484. The average Bonchev–Trinajstić information content (AvgIpc) is 2.86. The molecule has 2 heterocycles. The monoisotopic (exact) mass is 382 g/mol. The molecule has 1 aromatic carbocycles. The van der Waals surface area contributed by atoms with Gasteiger partial charge in [0.25, 0.3) is 0 Å². The van der Waals surface area contributed by atoms with Crippen molar-refractivity contribution in [3.8, 4) is 5.75 Å². The van der Waals surface area contributed by atoms with Crippen molar-refractivity contribution in [2.24, 2.45) is 0 Å². The fourth-order valence-corrected chi connectivity index (χ4v) is 3.56. The third-order valence-corrected chi connectivity index (χ3v) is 5.05. The highest BCUT2D eigenvalue weighted by molar-refractivity contribution is 6.46. The first-order valence-corrected chi connectivity index (χ1v) is 8.72. The van der Waals surface area contributed by atoms with Crippen LogP contribution in [0.2, 0.25) is 10.0 Å². The van der Waals surface area contributed by atoms with E-state index in [4.69, 9.17) is 32.7 Å². The molecule has 0 fully saturated rings. The van der Waals surface area contributed by atoms with Crippen molar-refractivity contribution in [3.05, 3.63) is 33.4 Å². The summed E-state index contributed by atoms with van der Waals surface area (Å²) >= 11 is 12.6. The Labute approximate surface area is 156 Å². The first-order chi connectivity index (χ1) is 11.6. The number of ether oxygens (including phenoxy) is 2. The van der Waals surface area contributed by atoms with Gasteiger partial charge in [-0.05, 0) is 44.9 Å². The number of fused-ring (bicyclic) bond motifs is 3. The van der Waals surface area contributed by atoms with Crippen molar-refractivity contribution in [2.75, 3.05) is 7.11 Å².